The smallest absolute Gasteiger partial charge is 0.141 e. The van der Waals surface area contributed by atoms with Crippen LogP contribution in [0.15, 0.2) is 42.7 Å². The van der Waals surface area contributed by atoms with Crippen LogP contribution in [0, 0.1) is 23.1 Å². The standard InChI is InChI=1S/C18H20FN3OS/c1-13(2)12-24(23)22-18(8-14-4-3-7-21-11-14)15-5-6-16(10-20)17(19)9-15/h3-7,9,11,13,18,22H,8,12H2,1-2H3. The summed E-state index contributed by atoms with van der Waals surface area (Å²) in [6, 6.07) is 9.72. The summed E-state index contributed by atoms with van der Waals surface area (Å²) in [5.41, 5.74) is 1.62. The third kappa shape index (κ3) is 5.22. The minimum Gasteiger partial charge on any atom is -0.264 e. The summed E-state index contributed by atoms with van der Waals surface area (Å²) in [5.74, 6) is 0.236. The van der Waals surface area contributed by atoms with Crippen LogP contribution >= 0.6 is 0 Å². The fraction of sp³-hybridized carbons (Fsp3) is 0.333. The molecule has 2 rings (SSSR count). The van der Waals surface area contributed by atoms with E-state index in [-0.39, 0.29) is 17.5 Å². The molecule has 0 aliphatic heterocycles. The Labute approximate surface area is 144 Å². The molecule has 24 heavy (non-hydrogen) atoms. The first-order valence-electron chi connectivity index (χ1n) is 7.72. The number of halogens is 1. The maximum absolute atomic E-state index is 14.0. The first kappa shape index (κ1) is 18.2. The maximum atomic E-state index is 14.0. The van der Waals surface area contributed by atoms with Gasteiger partial charge in [-0.05, 0) is 41.7 Å². The van der Waals surface area contributed by atoms with E-state index in [4.69, 9.17) is 5.26 Å². The average Bonchev–Trinajstić information content (AvgIpc) is 2.54. The van der Waals surface area contributed by atoms with E-state index in [1.54, 1.807) is 18.5 Å². The van der Waals surface area contributed by atoms with Gasteiger partial charge in [0.25, 0.3) is 0 Å². The quantitative estimate of drug-likeness (QED) is 0.837. The van der Waals surface area contributed by atoms with Crippen molar-refractivity contribution in [1.29, 1.82) is 5.26 Å². The number of rotatable bonds is 7. The lowest BCUT2D eigenvalue weighted by molar-refractivity contribution is 0.595. The van der Waals surface area contributed by atoms with Crippen molar-refractivity contribution in [2.75, 3.05) is 5.75 Å². The molecule has 1 N–H and O–H groups in total. The van der Waals surface area contributed by atoms with Gasteiger partial charge in [-0.1, -0.05) is 26.0 Å². The molecule has 1 aromatic heterocycles. The van der Waals surface area contributed by atoms with Crippen LogP contribution in [0.2, 0.25) is 0 Å². The lowest BCUT2D eigenvalue weighted by atomic mass is 9.99. The second kappa shape index (κ2) is 8.67. The van der Waals surface area contributed by atoms with Crippen LogP contribution in [0.3, 0.4) is 0 Å². The zero-order valence-corrected chi connectivity index (χ0v) is 14.5. The molecule has 0 fully saturated rings. The SMILES string of the molecule is CC(C)CS(=O)NC(Cc1cccnc1)c1ccc(C#N)c(F)c1. The molecular weight excluding hydrogens is 325 g/mol. The number of pyridine rings is 1. The van der Waals surface area contributed by atoms with Gasteiger partial charge >= 0.3 is 0 Å². The molecule has 0 amide bonds. The van der Waals surface area contributed by atoms with E-state index in [1.807, 2.05) is 32.0 Å². The molecule has 0 spiro atoms. The van der Waals surface area contributed by atoms with Gasteiger partial charge in [0.2, 0.25) is 0 Å². The summed E-state index contributed by atoms with van der Waals surface area (Å²) in [7, 11) is -1.23. The number of nitrogens with one attached hydrogen (secondary N) is 1. The molecule has 2 unspecified atom stereocenters. The summed E-state index contributed by atoms with van der Waals surface area (Å²) >= 11 is 0. The molecule has 0 saturated carbocycles. The van der Waals surface area contributed by atoms with Crippen molar-refractivity contribution in [2.45, 2.75) is 26.3 Å². The molecule has 126 valence electrons. The van der Waals surface area contributed by atoms with Gasteiger partial charge in [-0.15, -0.1) is 0 Å². The number of aromatic nitrogens is 1. The first-order chi connectivity index (χ1) is 11.5. The van der Waals surface area contributed by atoms with Gasteiger partial charge in [-0.25, -0.2) is 13.3 Å². The van der Waals surface area contributed by atoms with Crippen molar-refractivity contribution in [3.05, 3.63) is 65.2 Å². The monoisotopic (exact) mass is 345 g/mol. The highest BCUT2D eigenvalue weighted by atomic mass is 32.2. The predicted octanol–water partition coefficient (Wildman–Crippen LogP) is 3.29. The zero-order valence-electron chi connectivity index (χ0n) is 13.7. The van der Waals surface area contributed by atoms with Gasteiger partial charge in [0.15, 0.2) is 0 Å². The minimum absolute atomic E-state index is 0.00202. The molecular formula is C18H20FN3OS. The minimum atomic E-state index is -1.23. The Balaban J connectivity index is 2.26. The Hall–Kier alpha value is -2.10. The van der Waals surface area contributed by atoms with Gasteiger partial charge < -0.3 is 0 Å². The van der Waals surface area contributed by atoms with E-state index >= 15 is 0 Å². The lowest BCUT2D eigenvalue weighted by Gasteiger charge is -2.19. The van der Waals surface area contributed by atoms with Crippen LogP contribution < -0.4 is 4.72 Å². The molecule has 2 aromatic rings. The third-order valence-corrected chi connectivity index (χ3v) is 4.95. The Morgan fingerprint density at radius 3 is 2.75 bits per heavy atom. The topological polar surface area (TPSA) is 65.8 Å². The van der Waals surface area contributed by atoms with Crippen molar-refractivity contribution in [3.8, 4) is 6.07 Å². The van der Waals surface area contributed by atoms with Crippen molar-refractivity contribution in [3.63, 3.8) is 0 Å². The van der Waals surface area contributed by atoms with Crippen LogP contribution in [0.5, 0.6) is 0 Å². The van der Waals surface area contributed by atoms with E-state index in [0.717, 1.165) is 5.56 Å². The van der Waals surface area contributed by atoms with E-state index in [2.05, 4.69) is 9.71 Å². The predicted molar refractivity (Wildman–Crippen MR) is 92.8 cm³/mol. The van der Waals surface area contributed by atoms with E-state index < -0.39 is 16.8 Å². The Bertz CT molecular complexity index is 744. The van der Waals surface area contributed by atoms with Crippen molar-refractivity contribution < 1.29 is 8.60 Å². The van der Waals surface area contributed by atoms with Gasteiger partial charge in [-0.3, -0.25) is 4.98 Å². The Kier molecular flexibility index (Phi) is 6.59. The summed E-state index contributed by atoms with van der Waals surface area (Å²) in [6.45, 7) is 3.99. The van der Waals surface area contributed by atoms with Crippen molar-refractivity contribution in [2.24, 2.45) is 5.92 Å². The number of benzene rings is 1. The van der Waals surface area contributed by atoms with Gasteiger partial charge in [0.1, 0.15) is 11.9 Å². The molecule has 0 radical (unpaired) electrons. The van der Waals surface area contributed by atoms with E-state index in [1.165, 1.54) is 12.1 Å². The number of nitriles is 1. The Morgan fingerprint density at radius 2 is 2.17 bits per heavy atom. The highest BCUT2D eigenvalue weighted by Crippen LogP contribution is 2.21. The number of hydrogen-bond donors (Lipinski definition) is 1. The normalized spacial score (nSPS) is 13.5. The summed E-state index contributed by atoms with van der Waals surface area (Å²) < 4.78 is 29.3. The van der Waals surface area contributed by atoms with Crippen LogP contribution in [-0.4, -0.2) is 14.9 Å². The summed E-state index contributed by atoms with van der Waals surface area (Å²) in [4.78, 5) is 4.08. The molecule has 0 aliphatic rings. The number of nitrogens with zero attached hydrogens (tertiary/aromatic N) is 2. The number of hydrogen-bond acceptors (Lipinski definition) is 3. The van der Waals surface area contributed by atoms with E-state index in [0.29, 0.717) is 17.7 Å². The largest absolute Gasteiger partial charge is 0.264 e. The first-order valence-corrected chi connectivity index (χ1v) is 9.04. The van der Waals surface area contributed by atoms with E-state index in [9.17, 15) is 8.60 Å². The average molecular weight is 345 g/mol. The Morgan fingerprint density at radius 1 is 1.38 bits per heavy atom. The molecule has 6 heteroatoms. The summed E-state index contributed by atoms with van der Waals surface area (Å²) in [6.07, 6.45) is 3.95. The fourth-order valence-corrected chi connectivity index (χ4v) is 3.57. The summed E-state index contributed by atoms with van der Waals surface area (Å²) in [5, 5.41) is 8.87. The van der Waals surface area contributed by atoms with Gasteiger partial charge in [0.05, 0.1) is 16.5 Å². The van der Waals surface area contributed by atoms with Crippen LogP contribution in [0.4, 0.5) is 4.39 Å². The molecule has 1 aromatic carbocycles. The van der Waals surface area contributed by atoms with Gasteiger partial charge in [0, 0.05) is 24.2 Å². The highest BCUT2D eigenvalue weighted by Gasteiger charge is 2.17. The second-order valence-electron chi connectivity index (χ2n) is 5.99. The second-order valence-corrected chi connectivity index (χ2v) is 7.25. The molecule has 2 atom stereocenters. The third-order valence-electron chi connectivity index (χ3n) is 3.44. The molecule has 0 saturated heterocycles. The van der Waals surface area contributed by atoms with Gasteiger partial charge in [-0.2, -0.15) is 5.26 Å². The molecule has 4 nitrogen and oxygen atoms in total. The van der Waals surface area contributed by atoms with Crippen molar-refractivity contribution in [1.82, 2.24) is 9.71 Å². The molecule has 1 heterocycles. The lowest BCUT2D eigenvalue weighted by Crippen LogP contribution is -2.28. The van der Waals surface area contributed by atoms with Crippen LogP contribution in [0.25, 0.3) is 0 Å². The maximum Gasteiger partial charge on any atom is 0.141 e. The molecule has 0 aliphatic carbocycles. The van der Waals surface area contributed by atoms with Crippen molar-refractivity contribution >= 4 is 11.0 Å². The fourth-order valence-electron chi connectivity index (χ4n) is 2.33. The van der Waals surface area contributed by atoms with Crippen LogP contribution in [-0.2, 0) is 17.4 Å². The van der Waals surface area contributed by atoms with Crippen LogP contribution in [0.1, 0.15) is 36.6 Å². The zero-order chi connectivity index (χ0) is 17.5. The highest BCUT2D eigenvalue weighted by molar-refractivity contribution is 7.83. The molecule has 0 bridgehead atoms.